The Morgan fingerprint density at radius 1 is 1.50 bits per heavy atom. The van der Waals surface area contributed by atoms with Crippen LogP contribution in [0.3, 0.4) is 0 Å². The van der Waals surface area contributed by atoms with E-state index in [2.05, 4.69) is 6.07 Å². The summed E-state index contributed by atoms with van der Waals surface area (Å²) in [7, 11) is 0. The quantitative estimate of drug-likeness (QED) is 0.822. The van der Waals surface area contributed by atoms with Crippen molar-refractivity contribution in [3.05, 3.63) is 29.8 Å². The summed E-state index contributed by atoms with van der Waals surface area (Å²) in [4.78, 5) is 13.3. The first kappa shape index (κ1) is 9.70. The van der Waals surface area contributed by atoms with Crippen molar-refractivity contribution in [3.63, 3.8) is 0 Å². The van der Waals surface area contributed by atoms with Crippen LogP contribution in [0, 0.1) is 18.8 Å². The zero-order valence-electron chi connectivity index (χ0n) is 9.26. The van der Waals surface area contributed by atoms with Crippen molar-refractivity contribution in [2.75, 3.05) is 11.4 Å². The van der Waals surface area contributed by atoms with Gasteiger partial charge < -0.3 is 10.0 Å². The standard InChI is InChI=1S/C13H15NO2/c1-8-3-2-4-10(5-8)14-7-9-6-11(9)12(14)13(15)16/h2-5,9,11-12H,6-7H2,1H3,(H,15,16). The van der Waals surface area contributed by atoms with E-state index >= 15 is 0 Å². The van der Waals surface area contributed by atoms with E-state index in [0.717, 1.165) is 18.7 Å². The number of aryl methyl sites for hydroxylation is 1. The summed E-state index contributed by atoms with van der Waals surface area (Å²) in [5.41, 5.74) is 2.24. The van der Waals surface area contributed by atoms with Crippen molar-refractivity contribution < 1.29 is 9.90 Å². The zero-order chi connectivity index (χ0) is 11.3. The van der Waals surface area contributed by atoms with Crippen LogP contribution >= 0.6 is 0 Å². The molecule has 1 aliphatic carbocycles. The topological polar surface area (TPSA) is 40.5 Å². The molecule has 1 aromatic rings. The molecule has 1 heterocycles. The van der Waals surface area contributed by atoms with Gasteiger partial charge in [0.2, 0.25) is 0 Å². The number of rotatable bonds is 2. The van der Waals surface area contributed by atoms with Gasteiger partial charge in [-0.3, -0.25) is 0 Å². The minimum atomic E-state index is -0.675. The van der Waals surface area contributed by atoms with Crippen molar-refractivity contribution in [1.29, 1.82) is 0 Å². The molecule has 1 saturated carbocycles. The predicted octanol–water partition coefficient (Wildman–Crippen LogP) is 1.90. The van der Waals surface area contributed by atoms with Crippen LogP contribution in [0.15, 0.2) is 24.3 Å². The van der Waals surface area contributed by atoms with E-state index < -0.39 is 5.97 Å². The number of fused-ring (bicyclic) bond motifs is 1. The SMILES string of the molecule is Cc1cccc(N2CC3CC3C2C(=O)O)c1. The molecule has 0 bridgehead atoms. The second-order valence-electron chi connectivity index (χ2n) is 4.93. The molecule has 3 atom stereocenters. The maximum absolute atomic E-state index is 11.3. The van der Waals surface area contributed by atoms with Gasteiger partial charge in [-0.15, -0.1) is 0 Å². The van der Waals surface area contributed by atoms with Crippen molar-refractivity contribution in [2.24, 2.45) is 11.8 Å². The van der Waals surface area contributed by atoms with Crippen molar-refractivity contribution in [3.8, 4) is 0 Å². The summed E-state index contributed by atoms with van der Waals surface area (Å²) in [5.74, 6) is 0.325. The normalized spacial score (nSPS) is 31.3. The van der Waals surface area contributed by atoms with Crippen molar-refractivity contribution >= 4 is 11.7 Å². The lowest BCUT2D eigenvalue weighted by Gasteiger charge is -2.26. The number of carboxylic acids is 1. The fraction of sp³-hybridized carbons (Fsp3) is 0.462. The Morgan fingerprint density at radius 2 is 2.31 bits per heavy atom. The number of carboxylic acid groups (broad SMARTS) is 1. The smallest absolute Gasteiger partial charge is 0.326 e. The van der Waals surface area contributed by atoms with Crippen LogP contribution < -0.4 is 4.90 Å². The second-order valence-corrected chi connectivity index (χ2v) is 4.93. The molecule has 2 aliphatic rings. The highest BCUT2D eigenvalue weighted by Gasteiger charge is 2.55. The predicted molar refractivity (Wildman–Crippen MR) is 61.5 cm³/mol. The number of benzene rings is 1. The average Bonchev–Trinajstić information content (AvgIpc) is 2.88. The van der Waals surface area contributed by atoms with Gasteiger partial charge in [0.05, 0.1) is 0 Å². The van der Waals surface area contributed by atoms with Gasteiger partial charge in [0.1, 0.15) is 6.04 Å². The fourth-order valence-corrected chi connectivity index (χ4v) is 2.85. The lowest BCUT2D eigenvalue weighted by Crippen LogP contribution is -2.39. The molecule has 84 valence electrons. The van der Waals surface area contributed by atoms with Crippen LogP contribution in [0.2, 0.25) is 0 Å². The van der Waals surface area contributed by atoms with Gasteiger partial charge >= 0.3 is 5.97 Å². The van der Waals surface area contributed by atoms with E-state index in [1.165, 1.54) is 5.56 Å². The number of hydrogen-bond donors (Lipinski definition) is 1. The maximum atomic E-state index is 11.3. The van der Waals surface area contributed by atoms with E-state index in [1.807, 2.05) is 30.0 Å². The number of nitrogens with zero attached hydrogens (tertiary/aromatic N) is 1. The third kappa shape index (κ3) is 1.39. The largest absolute Gasteiger partial charge is 0.480 e. The molecule has 1 saturated heterocycles. The highest BCUT2D eigenvalue weighted by atomic mass is 16.4. The van der Waals surface area contributed by atoms with E-state index in [1.54, 1.807) is 0 Å². The Hall–Kier alpha value is -1.51. The molecule has 2 fully saturated rings. The molecular weight excluding hydrogens is 202 g/mol. The summed E-state index contributed by atoms with van der Waals surface area (Å²) < 4.78 is 0. The van der Waals surface area contributed by atoms with Gasteiger partial charge in [-0.05, 0) is 42.9 Å². The van der Waals surface area contributed by atoms with Gasteiger partial charge in [0, 0.05) is 12.2 Å². The van der Waals surface area contributed by atoms with Crippen molar-refractivity contribution in [1.82, 2.24) is 0 Å². The van der Waals surface area contributed by atoms with Gasteiger partial charge in [0.25, 0.3) is 0 Å². The Morgan fingerprint density at radius 3 is 3.00 bits per heavy atom. The Balaban J connectivity index is 1.92. The molecule has 3 unspecified atom stereocenters. The third-order valence-electron chi connectivity index (χ3n) is 3.74. The first-order chi connectivity index (χ1) is 7.66. The van der Waals surface area contributed by atoms with E-state index in [0.29, 0.717) is 11.8 Å². The summed E-state index contributed by atoms with van der Waals surface area (Å²) in [6.45, 7) is 2.95. The fourth-order valence-electron chi connectivity index (χ4n) is 2.85. The monoisotopic (exact) mass is 217 g/mol. The van der Waals surface area contributed by atoms with Crippen LogP contribution in [-0.4, -0.2) is 23.7 Å². The highest BCUT2D eigenvalue weighted by molar-refractivity contribution is 5.80. The van der Waals surface area contributed by atoms with Gasteiger partial charge in [0.15, 0.2) is 0 Å². The molecule has 0 spiro atoms. The minimum absolute atomic E-state index is 0.299. The number of hydrogen-bond acceptors (Lipinski definition) is 2. The number of anilines is 1. The zero-order valence-corrected chi connectivity index (χ0v) is 9.26. The lowest BCUT2D eigenvalue weighted by atomic mass is 10.1. The van der Waals surface area contributed by atoms with Gasteiger partial charge in [-0.25, -0.2) is 4.79 Å². The second kappa shape index (κ2) is 3.24. The third-order valence-corrected chi connectivity index (χ3v) is 3.74. The van der Waals surface area contributed by atoms with Crippen LogP contribution in [-0.2, 0) is 4.79 Å². The Bertz CT molecular complexity index is 443. The molecular formula is C13H15NO2. The lowest BCUT2D eigenvalue weighted by molar-refractivity contribution is -0.138. The molecule has 3 heteroatoms. The number of aliphatic carboxylic acids is 1. The molecule has 0 amide bonds. The van der Waals surface area contributed by atoms with Crippen molar-refractivity contribution in [2.45, 2.75) is 19.4 Å². The van der Waals surface area contributed by atoms with Crippen LogP contribution in [0.1, 0.15) is 12.0 Å². The Labute approximate surface area is 94.7 Å². The first-order valence-corrected chi connectivity index (χ1v) is 5.73. The van der Waals surface area contributed by atoms with E-state index in [-0.39, 0.29) is 6.04 Å². The maximum Gasteiger partial charge on any atom is 0.326 e. The molecule has 16 heavy (non-hydrogen) atoms. The molecule has 0 radical (unpaired) electrons. The molecule has 1 aliphatic heterocycles. The van der Waals surface area contributed by atoms with E-state index in [4.69, 9.17) is 0 Å². The summed E-state index contributed by atoms with van der Waals surface area (Å²) >= 11 is 0. The average molecular weight is 217 g/mol. The minimum Gasteiger partial charge on any atom is -0.480 e. The van der Waals surface area contributed by atoms with Crippen LogP contribution in [0.25, 0.3) is 0 Å². The molecule has 3 rings (SSSR count). The molecule has 0 aromatic heterocycles. The summed E-state index contributed by atoms with van der Waals surface area (Å²) in [6.07, 6.45) is 1.10. The van der Waals surface area contributed by atoms with Crippen LogP contribution in [0.4, 0.5) is 5.69 Å². The van der Waals surface area contributed by atoms with Gasteiger partial charge in [-0.1, -0.05) is 12.1 Å². The summed E-state index contributed by atoms with van der Waals surface area (Å²) in [5, 5.41) is 9.27. The van der Waals surface area contributed by atoms with E-state index in [9.17, 15) is 9.90 Å². The van der Waals surface area contributed by atoms with Crippen LogP contribution in [0.5, 0.6) is 0 Å². The molecule has 1 aromatic carbocycles. The van der Waals surface area contributed by atoms with Gasteiger partial charge in [-0.2, -0.15) is 0 Å². The number of carbonyl (C=O) groups is 1. The summed E-state index contributed by atoms with van der Waals surface area (Å²) in [6, 6.07) is 7.81. The molecule has 3 nitrogen and oxygen atoms in total. The number of piperidine rings is 1. The first-order valence-electron chi connectivity index (χ1n) is 5.73. The highest BCUT2D eigenvalue weighted by Crippen LogP contribution is 2.50. The Kier molecular flexibility index (Phi) is 1.96. The molecule has 1 N–H and O–H groups in total.